The van der Waals surface area contributed by atoms with Gasteiger partial charge < -0.3 is 0 Å². The van der Waals surface area contributed by atoms with E-state index in [0.29, 0.717) is 5.56 Å². The lowest BCUT2D eigenvalue weighted by Gasteiger charge is -2.16. The number of carbonyl (C=O) groups excluding carboxylic acids is 1. The predicted molar refractivity (Wildman–Crippen MR) is 75.7 cm³/mol. The summed E-state index contributed by atoms with van der Waals surface area (Å²) >= 11 is 0. The molecule has 0 aliphatic carbocycles. The second-order valence-corrected chi connectivity index (χ2v) is 4.40. The van der Waals surface area contributed by atoms with E-state index >= 15 is 0 Å². The van der Waals surface area contributed by atoms with E-state index in [4.69, 9.17) is 4.84 Å². The molecule has 0 saturated carbocycles. The number of hydroxylamine groups is 2. The van der Waals surface area contributed by atoms with Crippen LogP contribution >= 0.6 is 0 Å². The standard InChI is InChI=1S/C16H17NO2/c1-12-8-10-13(11-9-12)14-6-4-5-7-15(14)16(18)17(2)19-3/h4-11H,1-3H3. The van der Waals surface area contributed by atoms with Gasteiger partial charge in [-0.15, -0.1) is 0 Å². The van der Waals surface area contributed by atoms with Gasteiger partial charge in [-0.2, -0.15) is 0 Å². The van der Waals surface area contributed by atoms with E-state index in [-0.39, 0.29) is 5.91 Å². The van der Waals surface area contributed by atoms with Crippen LogP contribution in [0.1, 0.15) is 15.9 Å². The third kappa shape index (κ3) is 2.83. The molecule has 1 amide bonds. The van der Waals surface area contributed by atoms with Crippen LogP contribution in [0.5, 0.6) is 0 Å². The Morgan fingerprint density at radius 3 is 2.32 bits per heavy atom. The summed E-state index contributed by atoms with van der Waals surface area (Å²) in [6, 6.07) is 15.7. The summed E-state index contributed by atoms with van der Waals surface area (Å²) in [5.41, 5.74) is 3.77. The van der Waals surface area contributed by atoms with Crippen LogP contribution in [0.3, 0.4) is 0 Å². The Hall–Kier alpha value is -2.13. The highest BCUT2D eigenvalue weighted by atomic mass is 16.7. The average Bonchev–Trinajstić information content (AvgIpc) is 2.46. The van der Waals surface area contributed by atoms with Crippen molar-refractivity contribution in [1.29, 1.82) is 0 Å². The van der Waals surface area contributed by atoms with Gasteiger partial charge in [-0.3, -0.25) is 9.63 Å². The molecule has 0 radical (unpaired) electrons. The van der Waals surface area contributed by atoms with Gasteiger partial charge in [0.1, 0.15) is 0 Å². The second kappa shape index (κ2) is 5.67. The molecule has 0 aromatic heterocycles. The van der Waals surface area contributed by atoms with Crippen molar-refractivity contribution in [2.45, 2.75) is 6.92 Å². The number of hydrogen-bond acceptors (Lipinski definition) is 2. The lowest BCUT2D eigenvalue weighted by atomic mass is 9.98. The Morgan fingerprint density at radius 1 is 1.05 bits per heavy atom. The predicted octanol–water partition coefficient (Wildman–Crippen LogP) is 3.30. The van der Waals surface area contributed by atoms with Gasteiger partial charge in [-0.05, 0) is 24.1 Å². The molecule has 0 aliphatic rings. The SMILES string of the molecule is CON(C)C(=O)c1ccccc1-c1ccc(C)cc1. The quantitative estimate of drug-likeness (QED) is 0.788. The maximum atomic E-state index is 12.2. The van der Waals surface area contributed by atoms with Crippen LogP contribution in [0.25, 0.3) is 11.1 Å². The summed E-state index contributed by atoms with van der Waals surface area (Å²) in [7, 11) is 3.08. The van der Waals surface area contributed by atoms with Crippen molar-refractivity contribution in [3.63, 3.8) is 0 Å². The lowest BCUT2D eigenvalue weighted by molar-refractivity contribution is -0.0756. The van der Waals surface area contributed by atoms with E-state index in [0.717, 1.165) is 11.1 Å². The molecule has 98 valence electrons. The van der Waals surface area contributed by atoms with Crippen molar-refractivity contribution < 1.29 is 9.63 Å². The van der Waals surface area contributed by atoms with Crippen molar-refractivity contribution in [1.82, 2.24) is 5.06 Å². The summed E-state index contributed by atoms with van der Waals surface area (Å²) in [6.45, 7) is 2.04. The van der Waals surface area contributed by atoms with Crippen molar-refractivity contribution in [2.24, 2.45) is 0 Å². The van der Waals surface area contributed by atoms with Crippen LogP contribution in [-0.4, -0.2) is 25.1 Å². The third-order valence-electron chi connectivity index (χ3n) is 3.08. The molecule has 0 unspecified atom stereocenters. The summed E-state index contributed by atoms with van der Waals surface area (Å²) in [6.07, 6.45) is 0. The Labute approximate surface area is 113 Å². The van der Waals surface area contributed by atoms with Crippen molar-refractivity contribution in [3.8, 4) is 11.1 Å². The molecule has 0 bridgehead atoms. The van der Waals surface area contributed by atoms with E-state index in [1.807, 2.05) is 55.5 Å². The molecule has 2 rings (SSSR count). The van der Waals surface area contributed by atoms with Crippen LogP contribution in [0.2, 0.25) is 0 Å². The normalized spacial score (nSPS) is 10.3. The van der Waals surface area contributed by atoms with Crippen LogP contribution in [-0.2, 0) is 4.84 Å². The first-order valence-corrected chi connectivity index (χ1v) is 6.11. The van der Waals surface area contributed by atoms with E-state index < -0.39 is 0 Å². The van der Waals surface area contributed by atoms with Crippen LogP contribution in [0.15, 0.2) is 48.5 Å². The van der Waals surface area contributed by atoms with Gasteiger partial charge >= 0.3 is 0 Å². The van der Waals surface area contributed by atoms with Crippen LogP contribution in [0.4, 0.5) is 0 Å². The topological polar surface area (TPSA) is 29.5 Å². The molecule has 0 atom stereocenters. The van der Waals surface area contributed by atoms with Crippen molar-refractivity contribution in [2.75, 3.05) is 14.2 Å². The minimum Gasteiger partial charge on any atom is -0.274 e. The minimum atomic E-state index is -0.154. The van der Waals surface area contributed by atoms with E-state index in [2.05, 4.69) is 0 Å². The van der Waals surface area contributed by atoms with Crippen molar-refractivity contribution >= 4 is 5.91 Å². The first-order chi connectivity index (χ1) is 9.13. The zero-order valence-corrected chi connectivity index (χ0v) is 11.4. The molecule has 3 nitrogen and oxygen atoms in total. The van der Waals surface area contributed by atoms with Crippen LogP contribution < -0.4 is 0 Å². The molecule has 0 aliphatic heterocycles. The highest BCUT2D eigenvalue weighted by Crippen LogP contribution is 2.24. The molecule has 0 saturated heterocycles. The third-order valence-corrected chi connectivity index (χ3v) is 3.08. The largest absolute Gasteiger partial charge is 0.277 e. The molecule has 0 heterocycles. The lowest BCUT2D eigenvalue weighted by Crippen LogP contribution is -2.25. The van der Waals surface area contributed by atoms with Gasteiger partial charge in [-0.1, -0.05) is 48.0 Å². The first kappa shape index (κ1) is 13.3. The Bertz CT molecular complexity index is 576. The number of amides is 1. The van der Waals surface area contributed by atoms with Gasteiger partial charge in [0.2, 0.25) is 0 Å². The van der Waals surface area contributed by atoms with Crippen molar-refractivity contribution in [3.05, 3.63) is 59.7 Å². The Morgan fingerprint density at radius 2 is 1.68 bits per heavy atom. The summed E-state index contributed by atoms with van der Waals surface area (Å²) < 4.78 is 0. The fourth-order valence-corrected chi connectivity index (χ4v) is 1.91. The first-order valence-electron chi connectivity index (χ1n) is 6.11. The van der Waals surface area contributed by atoms with E-state index in [1.165, 1.54) is 17.7 Å². The summed E-state index contributed by atoms with van der Waals surface area (Å²) in [4.78, 5) is 17.2. The number of nitrogens with zero attached hydrogens (tertiary/aromatic N) is 1. The molecular weight excluding hydrogens is 238 g/mol. The zero-order valence-electron chi connectivity index (χ0n) is 11.4. The number of carbonyl (C=O) groups is 1. The molecule has 0 N–H and O–H groups in total. The highest BCUT2D eigenvalue weighted by Gasteiger charge is 2.15. The van der Waals surface area contributed by atoms with Gasteiger partial charge in [-0.25, -0.2) is 5.06 Å². The van der Waals surface area contributed by atoms with E-state index in [9.17, 15) is 4.79 Å². The molecule has 3 heteroatoms. The molecule has 0 fully saturated rings. The Balaban J connectivity index is 2.47. The molecule has 2 aromatic rings. The van der Waals surface area contributed by atoms with E-state index in [1.54, 1.807) is 7.05 Å². The minimum absolute atomic E-state index is 0.154. The average molecular weight is 255 g/mol. The number of hydrogen-bond donors (Lipinski definition) is 0. The molecule has 2 aromatic carbocycles. The number of aryl methyl sites for hydroxylation is 1. The Kier molecular flexibility index (Phi) is 3.97. The smallest absolute Gasteiger partial charge is 0.274 e. The maximum absolute atomic E-state index is 12.2. The van der Waals surface area contributed by atoms with Crippen LogP contribution in [0, 0.1) is 6.92 Å². The summed E-state index contributed by atoms with van der Waals surface area (Å²) in [5, 5.41) is 1.23. The number of rotatable bonds is 3. The van der Waals surface area contributed by atoms with Gasteiger partial charge in [0, 0.05) is 12.6 Å². The maximum Gasteiger partial charge on any atom is 0.277 e. The second-order valence-electron chi connectivity index (χ2n) is 4.40. The van der Waals surface area contributed by atoms with Gasteiger partial charge in [0.25, 0.3) is 5.91 Å². The fraction of sp³-hybridized carbons (Fsp3) is 0.188. The number of benzene rings is 2. The zero-order chi connectivity index (χ0) is 13.8. The summed E-state index contributed by atoms with van der Waals surface area (Å²) in [5.74, 6) is -0.154. The molecule has 19 heavy (non-hydrogen) atoms. The van der Waals surface area contributed by atoms with Gasteiger partial charge in [0.15, 0.2) is 0 Å². The van der Waals surface area contributed by atoms with Gasteiger partial charge in [0.05, 0.1) is 7.11 Å². The molecular formula is C16H17NO2. The highest BCUT2D eigenvalue weighted by molar-refractivity contribution is 6.00. The monoisotopic (exact) mass is 255 g/mol. The molecule has 0 spiro atoms. The fourth-order valence-electron chi connectivity index (χ4n) is 1.91.